The van der Waals surface area contributed by atoms with Gasteiger partial charge in [0.15, 0.2) is 0 Å². The second-order valence-electron chi connectivity index (χ2n) is 4.17. The monoisotopic (exact) mass is 250 g/mol. The molecular formula is C13H15FN2O2. The molecule has 4 nitrogen and oxygen atoms in total. The Kier molecular flexibility index (Phi) is 3.72. The Labute approximate surface area is 105 Å². The van der Waals surface area contributed by atoms with Gasteiger partial charge in [0.1, 0.15) is 5.82 Å². The molecule has 1 aliphatic rings. The average molecular weight is 250 g/mol. The number of amides is 1. The summed E-state index contributed by atoms with van der Waals surface area (Å²) in [6.07, 6.45) is 0.984. The molecule has 0 unspecified atom stereocenters. The molecular weight excluding hydrogens is 235 g/mol. The third-order valence-electron chi connectivity index (χ3n) is 2.88. The number of nitrogens with one attached hydrogen (secondary N) is 1. The van der Waals surface area contributed by atoms with Crippen molar-refractivity contribution in [1.29, 1.82) is 0 Å². The minimum atomic E-state index is -0.645. The molecule has 5 heteroatoms. The summed E-state index contributed by atoms with van der Waals surface area (Å²) >= 11 is 0. The van der Waals surface area contributed by atoms with E-state index in [1.54, 1.807) is 0 Å². The molecule has 0 aliphatic carbocycles. The summed E-state index contributed by atoms with van der Waals surface area (Å²) in [4.78, 5) is 24.6. The van der Waals surface area contributed by atoms with Crippen LogP contribution in [-0.2, 0) is 4.79 Å². The summed E-state index contributed by atoms with van der Waals surface area (Å²) in [5.74, 6) is -1.80. The molecule has 0 atom stereocenters. The van der Waals surface area contributed by atoms with Gasteiger partial charge in [-0.25, -0.2) is 4.39 Å². The lowest BCUT2D eigenvalue weighted by Crippen LogP contribution is -2.36. The van der Waals surface area contributed by atoms with E-state index in [2.05, 4.69) is 5.32 Å². The van der Waals surface area contributed by atoms with Crippen molar-refractivity contribution >= 4 is 17.4 Å². The van der Waals surface area contributed by atoms with Crippen LogP contribution < -0.4 is 10.2 Å². The Morgan fingerprint density at radius 2 is 2.06 bits per heavy atom. The molecule has 18 heavy (non-hydrogen) atoms. The highest BCUT2D eigenvalue weighted by atomic mass is 19.1. The Morgan fingerprint density at radius 1 is 1.28 bits per heavy atom. The fourth-order valence-corrected chi connectivity index (χ4v) is 2.02. The molecule has 96 valence electrons. The number of ketones is 1. The van der Waals surface area contributed by atoms with Gasteiger partial charge in [0.05, 0.1) is 11.3 Å². The molecule has 1 amide bonds. The minimum absolute atomic E-state index is 0.116. The second kappa shape index (κ2) is 5.27. The number of Topliss-reactive ketones (excluding diaryl/α,β-unsaturated/α-hetero) is 1. The number of para-hydroxylation sites is 1. The van der Waals surface area contributed by atoms with E-state index in [0.717, 1.165) is 13.0 Å². The Hall–Kier alpha value is -1.75. The van der Waals surface area contributed by atoms with E-state index in [4.69, 9.17) is 0 Å². The highest BCUT2D eigenvalue weighted by molar-refractivity contribution is 6.52. The molecule has 1 aromatic rings. The van der Waals surface area contributed by atoms with Crippen molar-refractivity contribution in [2.24, 2.45) is 0 Å². The van der Waals surface area contributed by atoms with E-state index in [0.29, 0.717) is 13.1 Å². The van der Waals surface area contributed by atoms with Crippen molar-refractivity contribution in [2.45, 2.75) is 13.3 Å². The number of anilines is 1. The van der Waals surface area contributed by atoms with E-state index in [9.17, 15) is 14.0 Å². The maximum absolute atomic E-state index is 13.7. The molecule has 0 saturated heterocycles. The van der Waals surface area contributed by atoms with E-state index < -0.39 is 17.5 Å². The fourth-order valence-electron chi connectivity index (χ4n) is 2.02. The molecule has 0 saturated carbocycles. The van der Waals surface area contributed by atoms with Crippen molar-refractivity contribution in [1.82, 2.24) is 5.32 Å². The van der Waals surface area contributed by atoms with Gasteiger partial charge in [0.2, 0.25) is 0 Å². The molecule has 1 heterocycles. The number of fused-ring (bicyclic) bond motifs is 1. The first-order valence-corrected chi connectivity index (χ1v) is 6.02. The SMILES string of the molecule is CCCNCCN1C(=O)C(=O)c2cccc(F)c21. The zero-order chi connectivity index (χ0) is 13.1. The summed E-state index contributed by atoms with van der Waals surface area (Å²) in [6, 6.07) is 4.19. The van der Waals surface area contributed by atoms with E-state index in [-0.39, 0.29) is 11.3 Å². The summed E-state index contributed by atoms with van der Waals surface area (Å²) in [7, 11) is 0. The van der Waals surface area contributed by atoms with Crippen molar-refractivity contribution in [3.8, 4) is 0 Å². The van der Waals surface area contributed by atoms with Crippen LogP contribution in [0.15, 0.2) is 18.2 Å². The summed E-state index contributed by atoms with van der Waals surface area (Å²) in [5, 5.41) is 3.12. The fraction of sp³-hybridized carbons (Fsp3) is 0.385. The zero-order valence-corrected chi connectivity index (χ0v) is 10.2. The molecule has 0 fully saturated rings. The normalized spacial score (nSPS) is 14.2. The predicted octanol–water partition coefficient (Wildman–Crippen LogP) is 1.35. The molecule has 0 radical (unpaired) electrons. The topological polar surface area (TPSA) is 49.4 Å². The van der Waals surface area contributed by atoms with Crippen LogP contribution in [0.4, 0.5) is 10.1 Å². The van der Waals surface area contributed by atoms with Crippen LogP contribution in [0.5, 0.6) is 0 Å². The van der Waals surface area contributed by atoms with Crippen LogP contribution >= 0.6 is 0 Å². The van der Waals surface area contributed by atoms with Crippen LogP contribution in [0.3, 0.4) is 0 Å². The van der Waals surface area contributed by atoms with Crippen LogP contribution in [-0.4, -0.2) is 31.3 Å². The van der Waals surface area contributed by atoms with Gasteiger partial charge in [0, 0.05) is 13.1 Å². The number of rotatable bonds is 5. The Balaban J connectivity index is 2.17. The number of halogens is 1. The van der Waals surface area contributed by atoms with Crippen LogP contribution in [0.25, 0.3) is 0 Å². The van der Waals surface area contributed by atoms with Gasteiger partial charge in [-0.15, -0.1) is 0 Å². The molecule has 1 N–H and O–H groups in total. The van der Waals surface area contributed by atoms with E-state index in [1.807, 2.05) is 6.92 Å². The predicted molar refractivity (Wildman–Crippen MR) is 66.2 cm³/mol. The number of carbonyl (C=O) groups excluding carboxylic acids is 2. The first kappa shape index (κ1) is 12.7. The van der Waals surface area contributed by atoms with Crippen molar-refractivity contribution < 1.29 is 14.0 Å². The lowest BCUT2D eigenvalue weighted by Gasteiger charge is -2.17. The van der Waals surface area contributed by atoms with Gasteiger partial charge in [-0.3, -0.25) is 9.59 Å². The average Bonchev–Trinajstić information content (AvgIpc) is 2.61. The number of hydrogen-bond donors (Lipinski definition) is 1. The van der Waals surface area contributed by atoms with Crippen molar-refractivity contribution in [3.63, 3.8) is 0 Å². The van der Waals surface area contributed by atoms with Gasteiger partial charge < -0.3 is 10.2 Å². The highest BCUT2D eigenvalue weighted by Crippen LogP contribution is 2.30. The first-order chi connectivity index (χ1) is 8.66. The molecule has 1 aromatic carbocycles. The molecule has 0 bridgehead atoms. The zero-order valence-electron chi connectivity index (χ0n) is 10.2. The van der Waals surface area contributed by atoms with Gasteiger partial charge in [0.25, 0.3) is 11.7 Å². The summed E-state index contributed by atoms with van der Waals surface area (Å²) < 4.78 is 13.7. The third-order valence-corrected chi connectivity index (χ3v) is 2.88. The maximum Gasteiger partial charge on any atom is 0.299 e. The maximum atomic E-state index is 13.7. The van der Waals surface area contributed by atoms with E-state index >= 15 is 0 Å². The Morgan fingerprint density at radius 3 is 2.78 bits per heavy atom. The summed E-state index contributed by atoms with van der Waals surface area (Å²) in [6.45, 7) is 3.71. The van der Waals surface area contributed by atoms with Gasteiger partial charge in [-0.05, 0) is 25.1 Å². The molecule has 1 aliphatic heterocycles. The molecule has 0 aromatic heterocycles. The van der Waals surface area contributed by atoms with Crippen molar-refractivity contribution in [3.05, 3.63) is 29.6 Å². The largest absolute Gasteiger partial charge is 0.315 e. The second-order valence-corrected chi connectivity index (χ2v) is 4.17. The smallest absolute Gasteiger partial charge is 0.299 e. The highest BCUT2D eigenvalue weighted by Gasteiger charge is 2.37. The number of carbonyl (C=O) groups is 2. The van der Waals surface area contributed by atoms with Gasteiger partial charge in [-0.1, -0.05) is 13.0 Å². The standard InChI is InChI=1S/C13H15FN2O2/c1-2-6-15-7-8-16-11-9(12(17)13(16)18)4-3-5-10(11)14/h3-5,15H,2,6-8H2,1H3. The molecule has 0 spiro atoms. The third kappa shape index (κ3) is 2.13. The number of hydrogen-bond acceptors (Lipinski definition) is 3. The quantitative estimate of drug-likeness (QED) is 0.634. The Bertz CT molecular complexity index is 488. The van der Waals surface area contributed by atoms with E-state index in [1.165, 1.54) is 23.1 Å². The molecule has 2 rings (SSSR count). The summed E-state index contributed by atoms with van der Waals surface area (Å²) in [5.41, 5.74) is 0.279. The van der Waals surface area contributed by atoms with Crippen molar-refractivity contribution in [2.75, 3.05) is 24.5 Å². The lowest BCUT2D eigenvalue weighted by molar-refractivity contribution is -0.114. The first-order valence-electron chi connectivity index (χ1n) is 6.02. The number of benzene rings is 1. The lowest BCUT2D eigenvalue weighted by atomic mass is 10.1. The van der Waals surface area contributed by atoms with Crippen LogP contribution in [0, 0.1) is 5.82 Å². The minimum Gasteiger partial charge on any atom is -0.315 e. The van der Waals surface area contributed by atoms with Crippen LogP contribution in [0.2, 0.25) is 0 Å². The number of nitrogens with zero attached hydrogens (tertiary/aromatic N) is 1. The van der Waals surface area contributed by atoms with Gasteiger partial charge in [-0.2, -0.15) is 0 Å². The van der Waals surface area contributed by atoms with Gasteiger partial charge >= 0.3 is 0 Å². The van der Waals surface area contributed by atoms with Crippen LogP contribution in [0.1, 0.15) is 23.7 Å².